The molecule has 8 atom stereocenters. The molecule has 5 rings (SSSR count). The Morgan fingerprint density at radius 3 is 2.04 bits per heavy atom. The van der Waals surface area contributed by atoms with Gasteiger partial charge in [-0.25, -0.2) is 4.79 Å². The van der Waals surface area contributed by atoms with Gasteiger partial charge in [-0.15, -0.1) is 0 Å². The lowest BCUT2D eigenvalue weighted by atomic mass is 9.43. The second-order valence-electron chi connectivity index (χ2n) is 17.0. The second-order valence-corrected chi connectivity index (χ2v) is 23.6. The first-order chi connectivity index (χ1) is 22.1. The third-order valence-corrected chi connectivity index (χ3v) is 19.0. The van der Waals surface area contributed by atoms with Crippen molar-refractivity contribution in [3.8, 4) is 0 Å². The predicted octanol–water partition coefficient (Wildman–Crippen LogP) is 7.70. The van der Waals surface area contributed by atoms with Crippen LogP contribution >= 0.6 is 0 Å². The first-order valence-corrected chi connectivity index (χ1v) is 22.9. The van der Waals surface area contributed by atoms with Crippen molar-refractivity contribution in [2.45, 2.75) is 124 Å². The van der Waals surface area contributed by atoms with Crippen molar-refractivity contribution in [2.75, 3.05) is 6.61 Å². The van der Waals surface area contributed by atoms with E-state index >= 15 is 0 Å². The van der Waals surface area contributed by atoms with E-state index < -0.39 is 28.9 Å². The Bertz CT molecular complexity index is 1370. The normalized spacial score (nSPS) is 34.4. The summed E-state index contributed by atoms with van der Waals surface area (Å²) in [5.74, 6) is 0.409. The van der Waals surface area contributed by atoms with Crippen LogP contribution in [-0.4, -0.2) is 47.9 Å². The standard InChI is InChI=1S/C40H60O5Si2/c1-11-38(7)26-33(39(8)28(2)22-24-40(25-23-32(41)35(39)40)29(3)36(38)45-46(9)10)44-34(42)27-43-47(37(4,5)6,30-18-14-12-15-19-30)31-20-16-13-17-21-31/h12-21,28-29,33,35-36,46H,11,22-27H2,1-10H3/t28-,29-,33-,35?,36+,38-,39+,40?/m1/s1. The number of rotatable bonds is 9. The molecule has 0 heterocycles. The highest BCUT2D eigenvalue weighted by molar-refractivity contribution is 6.99. The number of Topliss-reactive ketones (excluding diaryl/α,β-unsaturated/α-hetero) is 1. The maximum absolute atomic E-state index is 14.3. The molecule has 0 aromatic heterocycles. The minimum absolute atomic E-state index is 0.0279. The van der Waals surface area contributed by atoms with Crippen LogP contribution in [0.4, 0.5) is 0 Å². The SMILES string of the molecule is CC[C@]1(C)C[C@@H](OC(=O)CO[Si](c2ccccc2)(c2ccccc2)C(C)(C)C)[C@@]2(C)C3C(=O)CCC3(CC[C@H]2C)[C@H](C)[C@@H]1O[SiH](C)C. The number of ether oxygens (including phenoxy) is 1. The minimum Gasteiger partial charge on any atom is -0.460 e. The molecule has 258 valence electrons. The van der Waals surface area contributed by atoms with Crippen LogP contribution < -0.4 is 10.4 Å². The van der Waals surface area contributed by atoms with E-state index in [1.807, 2.05) is 12.1 Å². The minimum atomic E-state index is -2.93. The number of esters is 1. The highest BCUT2D eigenvalue weighted by Crippen LogP contribution is 2.68. The van der Waals surface area contributed by atoms with E-state index in [2.05, 4.69) is 117 Å². The zero-order valence-corrected chi connectivity index (χ0v) is 32.9. The lowest BCUT2D eigenvalue weighted by molar-refractivity contribution is -0.210. The molecule has 3 saturated carbocycles. The topological polar surface area (TPSA) is 61.8 Å². The number of hydrogen-bond donors (Lipinski definition) is 0. The molecular formula is C40H60O5Si2. The molecule has 2 aromatic carbocycles. The molecular weight excluding hydrogens is 617 g/mol. The summed E-state index contributed by atoms with van der Waals surface area (Å²) in [6.07, 6.45) is 4.84. The molecule has 0 N–H and O–H groups in total. The van der Waals surface area contributed by atoms with Gasteiger partial charge in [0.1, 0.15) is 18.5 Å². The number of hydrogen-bond acceptors (Lipinski definition) is 5. The van der Waals surface area contributed by atoms with Gasteiger partial charge in [-0.3, -0.25) is 4.79 Å². The van der Waals surface area contributed by atoms with Gasteiger partial charge in [-0.1, -0.05) is 116 Å². The van der Waals surface area contributed by atoms with Gasteiger partial charge < -0.3 is 13.6 Å². The molecule has 3 aliphatic rings. The molecule has 2 unspecified atom stereocenters. The van der Waals surface area contributed by atoms with Crippen LogP contribution in [0, 0.1) is 34.0 Å². The fourth-order valence-electron chi connectivity index (χ4n) is 10.4. The third-order valence-electron chi connectivity index (χ3n) is 13.2. The summed E-state index contributed by atoms with van der Waals surface area (Å²) in [6, 6.07) is 20.9. The Hall–Kier alpha value is -2.07. The molecule has 0 amide bonds. The van der Waals surface area contributed by atoms with Gasteiger partial charge in [0.05, 0.1) is 6.10 Å². The summed E-state index contributed by atoms with van der Waals surface area (Å²) >= 11 is 0. The zero-order chi connectivity index (χ0) is 34.4. The van der Waals surface area contributed by atoms with Crippen LogP contribution in [0.25, 0.3) is 0 Å². The van der Waals surface area contributed by atoms with E-state index in [0.29, 0.717) is 18.6 Å². The first-order valence-electron chi connectivity index (χ1n) is 18.2. The molecule has 0 aliphatic heterocycles. The van der Waals surface area contributed by atoms with Crippen molar-refractivity contribution >= 4 is 39.5 Å². The summed E-state index contributed by atoms with van der Waals surface area (Å²) in [5, 5.41) is 2.02. The van der Waals surface area contributed by atoms with E-state index in [1.165, 1.54) is 0 Å². The number of benzene rings is 2. The second kappa shape index (κ2) is 13.3. The summed E-state index contributed by atoms with van der Waals surface area (Å²) in [6.45, 7) is 22.6. The van der Waals surface area contributed by atoms with Gasteiger partial charge in [0.2, 0.25) is 0 Å². The highest BCUT2D eigenvalue weighted by atomic mass is 28.4. The smallest absolute Gasteiger partial charge is 0.331 e. The van der Waals surface area contributed by atoms with E-state index in [1.54, 1.807) is 0 Å². The monoisotopic (exact) mass is 676 g/mol. The first kappa shape index (κ1) is 36.2. The highest BCUT2D eigenvalue weighted by Gasteiger charge is 2.68. The summed E-state index contributed by atoms with van der Waals surface area (Å²) in [5.41, 5.74) is -0.772. The summed E-state index contributed by atoms with van der Waals surface area (Å²) < 4.78 is 20.8. The molecule has 2 bridgehead atoms. The van der Waals surface area contributed by atoms with Gasteiger partial charge in [-0.05, 0) is 83.3 Å². The molecule has 5 nitrogen and oxygen atoms in total. The van der Waals surface area contributed by atoms with E-state index in [-0.39, 0.29) is 52.3 Å². The average molecular weight is 677 g/mol. The lowest BCUT2D eigenvalue weighted by Crippen LogP contribution is -2.67. The Kier molecular flexibility index (Phi) is 10.3. The van der Waals surface area contributed by atoms with Gasteiger partial charge >= 0.3 is 5.97 Å². The number of ketones is 1. The van der Waals surface area contributed by atoms with Crippen LogP contribution in [0.2, 0.25) is 18.1 Å². The summed E-state index contributed by atoms with van der Waals surface area (Å²) in [7, 11) is -4.33. The zero-order valence-electron chi connectivity index (χ0n) is 30.7. The fraction of sp³-hybridized carbons (Fsp3) is 0.650. The third kappa shape index (κ3) is 6.06. The van der Waals surface area contributed by atoms with Crippen molar-refractivity contribution < 1.29 is 23.2 Å². The molecule has 47 heavy (non-hydrogen) atoms. The lowest BCUT2D eigenvalue weighted by Gasteiger charge is -2.63. The van der Waals surface area contributed by atoms with Crippen LogP contribution in [0.3, 0.4) is 0 Å². The van der Waals surface area contributed by atoms with Crippen LogP contribution in [0.1, 0.15) is 93.9 Å². The van der Waals surface area contributed by atoms with Crippen molar-refractivity contribution in [2.24, 2.45) is 34.0 Å². The molecule has 0 spiro atoms. The fourth-order valence-corrected chi connectivity index (χ4v) is 16.0. The summed E-state index contributed by atoms with van der Waals surface area (Å²) in [4.78, 5) is 28.4. The Morgan fingerprint density at radius 1 is 0.957 bits per heavy atom. The molecule has 7 heteroatoms. The molecule has 3 fully saturated rings. The van der Waals surface area contributed by atoms with Crippen molar-refractivity contribution in [1.82, 2.24) is 0 Å². The maximum Gasteiger partial charge on any atom is 0.331 e. The quantitative estimate of drug-likeness (QED) is 0.201. The Morgan fingerprint density at radius 2 is 1.53 bits per heavy atom. The number of carbonyl (C=O) groups excluding carboxylic acids is 2. The van der Waals surface area contributed by atoms with Crippen LogP contribution in [-0.2, 0) is 23.2 Å². The van der Waals surface area contributed by atoms with Crippen molar-refractivity contribution in [1.29, 1.82) is 0 Å². The molecule has 0 saturated heterocycles. The van der Waals surface area contributed by atoms with Gasteiger partial charge in [0, 0.05) is 17.8 Å². The van der Waals surface area contributed by atoms with Crippen molar-refractivity contribution in [3.63, 3.8) is 0 Å². The van der Waals surface area contributed by atoms with E-state index in [9.17, 15) is 9.59 Å². The Balaban J connectivity index is 1.55. The van der Waals surface area contributed by atoms with Gasteiger partial charge in [-0.2, -0.15) is 0 Å². The van der Waals surface area contributed by atoms with Gasteiger partial charge in [0.25, 0.3) is 8.32 Å². The average Bonchev–Trinajstić information content (AvgIpc) is 3.39. The van der Waals surface area contributed by atoms with E-state index in [0.717, 1.165) is 36.1 Å². The maximum atomic E-state index is 14.3. The number of carbonyl (C=O) groups is 2. The van der Waals surface area contributed by atoms with Crippen LogP contribution in [0.5, 0.6) is 0 Å². The van der Waals surface area contributed by atoms with Crippen molar-refractivity contribution in [3.05, 3.63) is 60.7 Å². The Labute approximate surface area is 287 Å². The largest absolute Gasteiger partial charge is 0.460 e. The predicted molar refractivity (Wildman–Crippen MR) is 196 cm³/mol. The van der Waals surface area contributed by atoms with Gasteiger partial charge in [0.15, 0.2) is 9.04 Å². The molecule has 3 aliphatic carbocycles. The van der Waals surface area contributed by atoms with E-state index in [4.69, 9.17) is 13.6 Å². The van der Waals surface area contributed by atoms with Crippen LogP contribution in [0.15, 0.2) is 60.7 Å². The molecule has 2 aromatic rings. The molecule has 0 radical (unpaired) electrons.